The molecule has 0 unspecified atom stereocenters. The lowest BCUT2D eigenvalue weighted by Crippen LogP contribution is -2.54. The molecular formula is C37H42BrN3O4S. The van der Waals surface area contributed by atoms with Crippen LogP contribution in [0.25, 0.3) is 0 Å². The van der Waals surface area contributed by atoms with Gasteiger partial charge in [0.15, 0.2) is 0 Å². The number of nitrogens with zero attached hydrogens (tertiary/aromatic N) is 2. The van der Waals surface area contributed by atoms with Crippen LogP contribution in [-0.4, -0.2) is 43.8 Å². The van der Waals surface area contributed by atoms with Crippen LogP contribution in [0.1, 0.15) is 56.7 Å². The highest BCUT2D eigenvalue weighted by Gasteiger charge is 2.35. The normalized spacial score (nSPS) is 12.7. The summed E-state index contributed by atoms with van der Waals surface area (Å²) in [5.74, 6) is -0.531. The summed E-state index contributed by atoms with van der Waals surface area (Å²) in [5, 5.41) is 3.07. The van der Waals surface area contributed by atoms with Gasteiger partial charge in [-0.1, -0.05) is 109 Å². The zero-order valence-corrected chi connectivity index (χ0v) is 29.2. The maximum Gasteiger partial charge on any atom is 0.264 e. The summed E-state index contributed by atoms with van der Waals surface area (Å²) in [4.78, 5) is 30.1. The first-order chi connectivity index (χ1) is 22.0. The molecule has 0 saturated carbocycles. The van der Waals surface area contributed by atoms with E-state index in [1.807, 2.05) is 80.6 Å². The van der Waals surface area contributed by atoms with Crippen LogP contribution in [0.15, 0.2) is 119 Å². The van der Waals surface area contributed by atoms with Crippen LogP contribution in [-0.2, 0) is 32.6 Å². The van der Waals surface area contributed by atoms with Gasteiger partial charge < -0.3 is 10.2 Å². The number of halogens is 1. The van der Waals surface area contributed by atoms with Crippen molar-refractivity contribution in [1.82, 2.24) is 10.2 Å². The Labute approximate surface area is 281 Å². The molecule has 9 heteroatoms. The Balaban J connectivity index is 1.80. The summed E-state index contributed by atoms with van der Waals surface area (Å²) in [7, 11) is -4.14. The van der Waals surface area contributed by atoms with Gasteiger partial charge in [-0.15, -0.1) is 0 Å². The highest BCUT2D eigenvalue weighted by Crippen LogP contribution is 2.27. The molecule has 0 aromatic heterocycles. The lowest BCUT2D eigenvalue weighted by atomic mass is 10.0. The van der Waals surface area contributed by atoms with Gasteiger partial charge in [0, 0.05) is 23.5 Å². The Morgan fingerprint density at radius 2 is 1.37 bits per heavy atom. The molecule has 2 amide bonds. The molecular weight excluding hydrogens is 662 g/mol. The molecule has 2 atom stereocenters. The Hall–Kier alpha value is -3.95. The predicted molar refractivity (Wildman–Crippen MR) is 188 cm³/mol. The molecule has 46 heavy (non-hydrogen) atoms. The minimum atomic E-state index is -4.14. The van der Waals surface area contributed by atoms with Crippen LogP contribution < -0.4 is 9.62 Å². The first kappa shape index (κ1) is 34.9. The van der Waals surface area contributed by atoms with E-state index in [2.05, 4.69) is 35.1 Å². The zero-order chi connectivity index (χ0) is 33.3. The largest absolute Gasteiger partial charge is 0.352 e. The Kier molecular flexibility index (Phi) is 12.2. The van der Waals surface area contributed by atoms with Gasteiger partial charge in [-0.05, 0) is 72.4 Å². The molecule has 242 valence electrons. The zero-order valence-electron chi connectivity index (χ0n) is 26.8. The number of rotatable bonds is 14. The van der Waals surface area contributed by atoms with Crippen molar-refractivity contribution in [2.24, 2.45) is 0 Å². The molecule has 1 N–H and O–H groups in total. The topological polar surface area (TPSA) is 86.8 Å². The average Bonchev–Trinajstić information content (AvgIpc) is 3.06. The van der Waals surface area contributed by atoms with Gasteiger partial charge in [-0.25, -0.2) is 8.42 Å². The minimum Gasteiger partial charge on any atom is -0.352 e. The number of anilines is 1. The number of benzene rings is 4. The maximum absolute atomic E-state index is 14.6. The number of nitrogens with one attached hydrogen (secondary N) is 1. The number of carbonyl (C=O) groups excluding carboxylic acids is 2. The third-order valence-electron chi connectivity index (χ3n) is 8.00. The smallest absolute Gasteiger partial charge is 0.264 e. The molecule has 4 aromatic carbocycles. The number of hydrogen-bond acceptors (Lipinski definition) is 4. The second-order valence-corrected chi connectivity index (χ2v) is 14.5. The van der Waals surface area contributed by atoms with Crippen molar-refractivity contribution in [1.29, 1.82) is 0 Å². The highest BCUT2D eigenvalue weighted by molar-refractivity contribution is 9.10. The maximum atomic E-state index is 14.6. The predicted octanol–water partition coefficient (Wildman–Crippen LogP) is 7.32. The van der Waals surface area contributed by atoms with Gasteiger partial charge in [-0.2, -0.15) is 0 Å². The number of carbonyl (C=O) groups is 2. The van der Waals surface area contributed by atoms with Gasteiger partial charge in [-0.3, -0.25) is 13.9 Å². The van der Waals surface area contributed by atoms with Crippen LogP contribution >= 0.6 is 15.9 Å². The molecule has 0 fully saturated rings. The summed E-state index contributed by atoms with van der Waals surface area (Å²) in [6, 6.07) is 31.4. The molecule has 0 radical (unpaired) electrons. The van der Waals surface area contributed by atoms with Crippen molar-refractivity contribution in [3.05, 3.63) is 130 Å². The standard InChI is InChI=1S/C37H42BrN3O4S/c1-5-28(4)39-37(43)35(24-29-12-8-6-9-13-29)40(25-30-16-20-32(38)21-17-30)36(42)26-41(33-22-18-31(19-23-33)27(2)3)46(44,45)34-14-10-7-11-15-34/h6-23,27-28,35H,5,24-26H2,1-4H3,(H,39,43)/t28-,35+/m0/s1. The van der Waals surface area contributed by atoms with E-state index in [0.29, 0.717) is 5.69 Å². The molecule has 0 spiro atoms. The number of amides is 2. The van der Waals surface area contributed by atoms with Crippen LogP contribution in [0.2, 0.25) is 0 Å². The van der Waals surface area contributed by atoms with Crippen LogP contribution in [0.5, 0.6) is 0 Å². The molecule has 0 saturated heterocycles. The van der Waals surface area contributed by atoms with Crippen molar-refractivity contribution in [2.75, 3.05) is 10.8 Å². The summed E-state index contributed by atoms with van der Waals surface area (Å²) in [5.41, 5.74) is 3.12. The number of hydrogen-bond donors (Lipinski definition) is 1. The van der Waals surface area contributed by atoms with Crippen LogP contribution in [0.4, 0.5) is 5.69 Å². The van der Waals surface area contributed by atoms with E-state index < -0.39 is 28.5 Å². The third kappa shape index (κ3) is 9.07. The monoisotopic (exact) mass is 703 g/mol. The average molecular weight is 705 g/mol. The summed E-state index contributed by atoms with van der Waals surface area (Å²) >= 11 is 3.47. The van der Waals surface area contributed by atoms with Crippen molar-refractivity contribution in [3.63, 3.8) is 0 Å². The van der Waals surface area contributed by atoms with E-state index in [1.54, 1.807) is 30.3 Å². The van der Waals surface area contributed by atoms with Crippen molar-refractivity contribution in [2.45, 2.75) is 70.0 Å². The number of sulfonamides is 1. The Morgan fingerprint density at radius 3 is 1.93 bits per heavy atom. The summed E-state index contributed by atoms with van der Waals surface area (Å²) in [6.45, 7) is 7.66. The van der Waals surface area contributed by atoms with Crippen molar-refractivity contribution >= 4 is 43.5 Å². The van der Waals surface area contributed by atoms with Crippen LogP contribution in [0, 0.1) is 0 Å². The molecule has 7 nitrogen and oxygen atoms in total. The van der Waals surface area contributed by atoms with E-state index >= 15 is 0 Å². The Morgan fingerprint density at radius 1 is 0.783 bits per heavy atom. The third-order valence-corrected chi connectivity index (χ3v) is 10.3. The lowest BCUT2D eigenvalue weighted by Gasteiger charge is -2.34. The molecule has 4 aromatic rings. The van der Waals surface area contributed by atoms with E-state index in [0.717, 1.165) is 31.9 Å². The van der Waals surface area contributed by atoms with Gasteiger partial charge in [0.1, 0.15) is 12.6 Å². The van der Waals surface area contributed by atoms with E-state index in [4.69, 9.17) is 0 Å². The molecule has 0 bridgehead atoms. The van der Waals surface area contributed by atoms with E-state index in [1.165, 1.54) is 17.0 Å². The van der Waals surface area contributed by atoms with Gasteiger partial charge in [0.05, 0.1) is 10.6 Å². The van der Waals surface area contributed by atoms with E-state index in [-0.39, 0.29) is 35.7 Å². The lowest BCUT2D eigenvalue weighted by molar-refractivity contribution is -0.140. The molecule has 0 aliphatic carbocycles. The molecule has 0 aliphatic rings. The van der Waals surface area contributed by atoms with Gasteiger partial charge in [0.2, 0.25) is 11.8 Å². The quantitative estimate of drug-likeness (QED) is 0.149. The SMILES string of the molecule is CC[C@H](C)NC(=O)[C@@H](Cc1ccccc1)N(Cc1ccc(Br)cc1)C(=O)CN(c1ccc(C(C)C)cc1)S(=O)(=O)c1ccccc1. The first-order valence-electron chi connectivity index (χ1n) is 15.6. The highest BCUT2D eigenvalue weighted by atomic mass is 79.9. The van der Waals surface area contributed by atoms with Crippen molar-refractivity contribution < 1.29 is 18.0 Å². The van der Waals surface area contributed by atoms with Gasteiger partial charge >= 0.3 is 0 Å². The second-order valence-electron chi connectivity index (χ2n) is 11.7. The summed E-state index contributed by atoms with van der Waals surface area (Å²) < 4.78 is 30.3. The van der Waals surface area contributed by atoms with Crippen LogP contribution in [0.3, 0.4) is 0 Å². The molecule has 4 rings (SSSR count). The fourth-order valence-corrected chi connectivity index (χ4v) is 6.76. The molecule has 0 heterocycles. The van der Waals surface area contributed by atoms with Crippen molar-refractivity contribution in [3.8, 4) is 0 Å². The minimum absolute atomic E-state index is 0.0746. The van der Waals surface area contributed by atoms with Gasteiger partial charge in [0.25, 0.3) is 10.0 Å². The fraction of sp³-hybridized carbons (Fsp3) is 0.297. The second kappa shape index (κ2) is 16.1. The fourth-order valence-electron chi connectivity index (χ4n) is 5.06. The Bertz CT molecular complexity index is 1680. The first-order valence-corrected chi connectivity index (χ1v) is 17.8. The van der Waals surface area contributed by atoms with E-state index in [9.17, 15) is 18.0 Å². The molecule has 0 aliphatic heterocycles. The summed E-state index contributed by atoms with van der Waals surface area (Å²) in [6.07, 6.45) is 0.986.